The average molecular weight is 404 g/mol. The van der Waals surface area contributed by atoms with E-state index in [0.717, 1.165) is 9.26 Å². The molecule has 1 N–H and O–H groups in total. The normalized spacial score (nSPS) is 10.2. The van der Waals surface area contributed by atoms with E-state index in [2.05, 4.69) is 37.9 Å². The molecule has 0 radical (unpaired) electrons. The van der Waals surface area contributed by atoms with Crippen LogP contribution in [0.5, 0.6) is 0 Å². The number of halogens is 2. The lowest BCUT2D eigenvalue weighted by molar-refractivity contribution is 0.0527. The Labute approximate surface area is 134 Å². The molecular formula is C13H11ClIN3O2. The fourth-order valence-corrected chi connectivity index (χ4v) is 2.08. The lowest BCUT2D eigenvalue weighted by atomic mass is 10.2. The molecule has 1 aromatic carbocycles. The van der Waals surface area contributed by atoms with Gasteiger partial charge >= 0.3 is 5.97 Å². The van der Waals surface area contributed by atoms with E-state index in [9.17, 15) is 4.79 Å². The first-order valence-electron chi connectivity index (χ1n) is 5.82. The molecule has 0 atom stereocenters. The van der Waals surface area contributed by atoms with Crippen LogP contribution in [0.1, 0.15) is 17.3 Å². The van der Waals surface area contributed by atoms with Gasteiger partial charge < -0.3 is 10.1 Å². The molecule has 20 heavy (non-hydrogen) atoms. The molecule has 7 heteroatoms. The summed E-state index contributed by atoms with van der Waals surface area (Å²) in [5.74, 6) is -0.226. The molecule has 0 saturated carbocycles. The van der Waals surface area contributed by atoms with Gasteiger partial charge in [-0.3, -0.25) is 0 Å². The number of hydrogen-bond acceptors (Lipinski definition) is 5. The summed E-state index contributed by atoms with van der Waals surface area (Å²) in [7, 11) is 0. The van der Waals surface area contributed by atoms with Crippen molar-refractivity contribution in [1.82, 2.24) is 9.97 Å². The Bertz CT molecular complexity index is 620. The van der Waals surface area contributed by atoms with E-state index >= 15 is 0 Å². The third-order valence-corrected chi connectivity index (χ3v) is 3.39. The summed E-state index contributed by atoms with van der Waals surface area (Å²) in [5.41, 5.74) is 0.931. The Kier molecular flexibility index (Phi) is 5.13. The van der Waals surface area contributed by atoms with Crippen LogP contribution in [0.4, 0.5) is 11.5 Å². The minimum Gasteiger partial charge on any atom is -0.462 e. The number of nitrogens with zero attached hydrogens (tertiary/aromatic N) is 2. The zero-order valence-electron chi connectivity index (χ0n) is 10.6. The van der Waals surface area contributed by atoms with E-state index in [0.29, 0.717) is 5.82 Å². The molecule has 5 nitrogen and oxygen atoms in total. The molecule has 0 spiro atoms. The lowest BCUT2D eigenvalue weighted by Gasteiger charge is -2.11. The van der Waals surface area contributed by atoms with Crippen molar-refractivity contribution in [3.8, 4) is 0 Å². The number of aromatic nitrogens is 2. The van der Waals surface area contributed by atoms with E-state index in [4.69, 9.17) is 16.3 Å². The lowest BCUT2D eigenvalue weighted by Crippen LogP contribution is -2.11. The monoisotopic (exact) mass is 403 g/mol. The number of ether oxygens (including phenoxy) is 1. The number of carbonyl (C=O) groups excluding carboxylic acids is 1. The summed E-state index contributed by atoms with van der Waals surface area (Å²) < 4.78 is 6.07. The van der Waals surface area contributed by atoms with Crippen molar-refractivity contribution in [3.05, 3.63) is 44.9 Å². The Balaban J connectivity index is 2.34. The first-order chi connectivity index (χ1) is 9.61. The SMILES string of the molecule is CCOC(=O)c1c(Cl)ncnc1Nc1ccc(I)cc1. The summed E-state index contributed by atoms with van der Waals surface area (Å²) in [5, 5.41) is 3.10. The van der Waals surface area contributed by atoms with Crippen molar-refractivity contribution in [2.24, 2.45) is 0 Å². The van der Waals surface area contributed by atoms with Crippen molar-refractivity contribution < 1.29 is 9.53 Å². The fraction of sp³-hybridized carbons (Fsp3) is 0.154. The maximum atomic E-state index is 11.9. The quantitative estimate of drug-likeness (QED) is 0.479. The molecule has 0 amide bonds. The van der Waals surface area contributed by atoms with Gasteiger partial charge in [0.15, 0.2) is 0 Å². The zero-order valence-corrected chi connectivity index (χ0v) is 13.5. The third kappa shape index (κ3) is 3.57. The Morgan fingerprint density at radius 3 is 2.70 bits per heavy atom. The number of anilines is 2. The van der Waals surface area contributed by atoms with E-state index in [1.807, 2.05) is 24.3 Å². The van der Waals surface area contributed by atoms with Crippen molar-refractivity contribution in [1.29, 1.82) is 0 Å². The molecule has 1 heterocycles. The van der Waals surface area contributed by atoms with Crippen molar-refractivity contribution >= 4 is 51.7 Å². The summed E-state index contributed by atoms with van der Waals surface area (Å²) in [4.78, 5) is 19.8. The predicted octanol–water partition coefficient (Wildman–Crippen LogP) is 3.65. The highest BCUT2D eigenvalue weighted by molar-refractivity contribution is 14.1. The van der Waals surface area contributed by atoms with Crippen LogP contribution in [0.2, 0.25) is 5.15 Å². The van der Waals surface area contributed by atoms with Gasteiger partial charge in [0.25, 0.3) is 0 Å². The molecule has 104 valence electrons. The number of esters is 1. The summed E-state index contributed by atoms with van der Waals surface area (Å²) >= 11 is 8.17. The molecule has 0 saturated heterocycles. The van der Waals surface area contributed by atoms with Crippen LogP contribution >= 0.6 is 34.2 Å². The third-order valence-electron chi connectivity index (χ3n) is 2.39. The van der Waals surface area contributed by atoms with Gasteiger partial charge in [0.1, 0.15) is 22.9 Å². The Hall–Kier alpha value is -1.41. The predicted molar refractivity (Wildman–Crippen MR) is 85.4 cm³/mol. The molecular weight excluding hydrogens is 393 g/mol. The molecule has 0 aliphatic rings. The summed E-state index contributed by atoms with van der Waals surface area (Å²) in [6.45, 7) is 1.98. The number of carbonyl (C=O) groups is 1. The molecule has 0 aliphatic carbocycles. The van der Waals surface area contributed by atoms with Crippen molar-refractivity contribution in [3.63, 3.8) is 0 Å². The zero-order chi connectivity index (χ0) is 14.5. The molecule has 0 fully saturated rings. The maximum Gasteiger partial charge on any atom is 0.345 e. The van der Waals surface area contributed by atoms with Crippen molar-refractivity contribution in [2.45, 2.75) is 6.92 Å². The minimum absolute atomic E-state index is 0.0615. The number of nitrogens with one attached hydrogen (secondary N) is 1. The first kappa shape index (κ1) is 15.0. The highest BCUT2D eigenvalue weighted by Crippen LogP contribution is 2.24. The van der Waals surface area contributed by atoms with Gasteiger partial charge in [-0.15, -0.1) is 0 Å². The Morgan fingerprint density at radius 2 is 2.05 bits per heavy atom. The van der Waals surface area contributed by atoms with Gasteiger partial charge in [-0.1, -0.05) is 11.6 Å². The van der Waals surface area contributed by atoms with Gasteiger partial charge in [0.2, 0.25) is 0 Å². The van der Waals surface area contributed by atoms with Crippen LogP contribution in [-0.2, 0) is 4.74 Å². The topological polar surface area (TPSA) is 64.1 Å². The maximum absolute atomic E-state index is 11.9. The average Bonchev–Trinajstić information content (AvgIpc) is 2.42. The fourth-order valence-electron chi connectivity index (χ4n) is 1.51. The van der Waals surface area contributed by atoms with Crippen LogP contribution in [0.15, 0.2) is 30.6 Å². The van der Waals surface area contributed by atoms with Crippen LogP contribution in [0.3, 0.4) is 0 Å². The molecule has 1 aromatic heterocycles. The summed E-state index contributed by atoms with van der Waals surface area (Å²) in [6.07, 6.45) is 1.29. The minimum atomic E-state index is -0.550. The molecule has 2 aromatic rings. The van der Waals surface area contributed by atoms with E-state index in [1.54, 1.807) is 6.92 Å². The van der Waals surface area contributed by atoms with Gasteiger partial charge in [-0.25, -0.2) is 14.8 Å². The van der Waals surface area contributed by atoms with E-state index in [-0.39, 0.29) is 17.3 Å². The number of rotatable bonds is 4. The smallest absolute Gasteiger partial charge is 0.345 e. The number of benzene rings is 1. The Morgan fingerprint density at radius 1 is 1.35 bits per heavy atom. The van der Waals surface area contributed by atoms with Gasteiger partial charge in [-0.05, 0) is 53.8 Å². The first-order valence-corrected chi connectivity index (χ1v) is 7.27. The second kappa shape index (κ2) is 6.85. The highest BCUT2D eigenvalue weighted by atomic mass is 127. The van der Waals surface area contributed by atoms with Gasteiger partial charge in [0.05, 0.1) is 6.61 Å². The second-order valence-corrected chi connectivity index (χ2v) is 5.34. The number of hydrogen-bond donors (Lipinski definition) is 1. The van der Waals surface area contributed by atoms with Crippen molar-refractivity contribution in [2.75, 3.05) is 11.9 Å². The molecule has 0 bridgehead atoms. The molecule has 0 unspecified atom stereocenters. The van der Waals surface area contributed by atoms with Crippen LogP contribution in [-0.4, -0.2) is 22.5 Å². The summed E-state index contributed by atoms with van der Waals surface area (Å²) in [6, 6.07) is 7.64. The van der Waals surface area contributed by atoms with Crippen LogP contribution in [0.25, 0.3) is 0 Å². The highest BCUT2D eigenvalue weighted by Gasteiger charge is 2.19. The molecule has 2 rings (SSSR count). The van der Waals surface area contributed by atoms with Gasteiger partial charge in [-0.2, -0.15) is 0 Å². The van der Waals surface area contributed by atoms with E-state index < -0.39 is 5.97 Å². The van der Waals surface area contributed by atoms with Crippen LogP contribution in [0, 0.1) is 3.57 Å². The second-order valence-electron chi connectivity index (χ2n) is 3.74. The molecule has 0 aliphatic heterocycles. The van der Waals surface area contributed by atoms with Gasteiger partial charge in [0, 0.05) is 9.26 Å². The standard InChI is InChI=1S/C13H11ClIN3O2/c1-2-20-13(19)10-11(14)16-7-17-12(10)18-9-5-3-8(15)4-6-9/h3-7H,2H2,1H3,(H,16,17,18). The van der Waals surface area contributed by atoms with Crippen LogP contribution < -0.4 is 5.32 Å². The van der Waals surface area contributed by atoms with E-state index in [1.165, 1.54) is 6.33 Å². The largest absolute Gasteiger partial charge is 0.462 e.